The van der Waals surface area contributed by atoms with Gasteiger partial charge < -0.3 is 9.80 Å². The van der Waals surface area contributed by atoms with Gasteiger partial charge in [-0.15, -0.1) is 11.3 Å². The molecule has 2 aliphatic rings. The average Bonchev–Trinajstić information content (AvgIpc) is 3.57. The lowest BCUT2D eigenvalue weighted by Crippen LogP contribution is -2.55. The number of thiophene rings is 1. The topological polar surface area (TPSA) is 133 Å². The molecular weight excluding hydrogens is 641 g/mol. The zero-order chi connectivity index (χ0) is 30.7. The minimum Gasteiger partial charge on any atom is -0.337 e. The average molecular weight is 669 g/mol. The van der Waals surface area contributed by atoms with Crippen molar-refractivity contribution >= 4 is 60.9 Å². The molecule has 1 aromatic heterocycles. The largest absolute Gasteiger partial charge is 0.416 e. The van der Waals surface area contributed by atoms with E-state index >= 15 is 0 Å². The first-order valence-corrected chi connectivity index (χ1v) is 17.1. The van der Waals surface area contributed by atoms with E-state index in [4.69, 9.17) is 11.6 Å². The lowest BCUT2D eigenvalue weighted by Gasteiger charge is -2.34. The molecule has 2 amide bonds. The maximum absolute atomic E-state index is 13.1. The Kier molecular flexibility index (Phi) is 10.0. The van der Waals surface area contributed by atoms with Crippen LogP contribution in [0.15, 0.2) is 46.7 Å². The first-order chi connectivity index (χ1) is 19.6. The second kappa shape index (κ2) is 13.0. The van der Waals surface area contributed by atoms with Gasteiger partial charge in [0.15, 0.2) is 0 Å². The zero-order valence-electron chi connectivity index (χ0n) is 22.0. The first kappa shape index (κ1) is 32.4. The molecule has 0 bridgehead atoms. The highest BCUT2D eigenvalue weighted by atomic mass is 35.5. The SMILES string of the molecule is O=C1[C@@H](NS(=O)(=O)C=Cc2ccc(Cl)s2)CCCN1CC(=O)N1CCC[C@H]1CNS(=O)(=O)c1cccc(C(F)(F)F)c1. The van der Waals surface area contributed by atoms with E-state index in [0.717, 1.165) is 23.6 Å². The number of carbonyl (C=O) groups is 2. The number of halogens is 4. The number of piperidine rings is 1. The van der Waals surface area contributed by atoms with E-state index in [2.05, 4.69) is 9.44 Å². The van der Waals surface area contributed by atoms with Crippen LogP contribution in [0.1, 0.15) is 36.1 Å². The fourth-order valence-electron chi connectivity index (χ4n) is 4.78. The van der Waals surface area contributed by atoms with Crippen molar-refractivity contribution < 1.29 is 39.6 Å². The normalized spacial score (nSPS) is 20.5. The molecule has 230 valence electrons. The standard InChI is InChI=1S/C25H28ClF3N4O6S3/c26-22-9-8-19(40-22)10-13-41(36,37)31-21-7-3-11-32(24(21)35)16-23(34)33-12-2-5-18(33)15-30-42(38,39)20-6-1-4-17(14-20)25(27,28)29/h1,4,6,8-10,13-14,18,21,30-31H,2-3,5,7,11-12,15-16H2/t18-,21-/m0/s1. The Labute approximate surface area is 250 Å². The van der Waals surface area contributed by atoms with Crippen LogP contribution in [-0.4, -0.2) is 76.7 Å². The fraction of sp³-hybridized carbons (Fsp3) is 0.440. The van der Waals surface area contributed by atoms with Crippen molar-refractivity contribution in [2.24, 2.45) is 0 Å². The van der Waals surface area contributed by atoms with Crippen LogP contribution in [0.5, 0.6) is 0 Å². The molecule has 10 nitrogen and oxygen atoms in total. The van der Waals surface area contributed by atoms with Crippen LogP contribution in [0, 0.1) is 0 Å². The van der Waals surface area contributed by atoms with E-state index in [9.17, 15) is 39.6 Å². The minimum absolute atomic E-state index is 0.220. The third kappa shape index (κ3) is 8.32. The Hall–Kier alpha value is -2.50. The van der Waals surface area contributed by atoms with Gasteiger partial charge in [0.1, 0.15) is 6.04 Å². The summed E-state index contributed by atoms with van der Waals surface area (Å²) in [6.07, 6.45) is -1.61. The quantitative estimate of drug-likeness (QED) is 0.400. The van der Waals surface area contributed by atoms with Gasteiger partial charge in [0, 0.05) is 36.0 Å². The second-order valence-electron chi connectivity index (χ2n) is 9.82. The lowest BCUT2D eigenvalue weighted by molar-refractivity contribution is -0.143. The van der Waals surface area contributed by atoms with Crippen LogP contribution in [0.3, 0.4) is 0 Å². The summed E-state index contributed by atoms with van der Waals surface area (Å²) in [7, 11) is -8.26. The first-order valence-electron chi connectivity index (χ1n) is 12.9. The van der Waals surface area contributed by atoms with E-state index in [1.54, 1.807) is 12.1 Å². The van der Waals surface area contributed by atoms with Gasteiger partial charge in [0.25, 0.3) is 0 Å². The predicted molar refractivity (Wildman–Crippen MR) is 151 cm³/mol. The van der Waals surface area contributed by atoms with E-state index in [1.807, 2.05) is 0 Å². The number of carbonyl (C=O) groups excluding carboxylic acids is 2. The second-order valence-corrected chi connectivity index (χ2v) is 14.9. The molecule has 0 aliphatic carbocycles. The molecule has 2 saturated heterocycles. The molecule has 1 aromatic carbocycles. The molecule has 0 unspecified atom stereocenters. The summed E-state index contributed by atoms with van der Waals surface area (Å²) < 4.78 is 94.7. The minimum atomic E-state index is -4.71. The van der Waals surface area contributed by atoms with Crippen LogP contribution < -0.4 is 9.44 Å². The highest BCUT2D eigenvalue weighted by Gasteiger charge is 2.36. The molecule has 0 radical (unpaired) electrons. The van der Waals surface area contributed by atoms with Gasteiger partial charge in [-0.3, -0.25) is 9.59 Å². The summed E-state index contributed by atoms with van der Waals surface area (Å²) in [5.74, 6) is -0.992. The molecule has 2 aliphatic heterocycles. The number of rotatable bonds is 10. The summed E-state index contributed by atoms with van der Waals surface area (Å²) in [4.78, 5) is 29.0. The summed E-state index contributed by atoms with van der Waals surface area (Å²) in [6, 6.07) is 5.02. The van der Waals surface area contributed by atoms with Gasteiger partial charge >= 0.3 is 6.18 Å². The molecule has 2 atom stereocenters. The van der Waals surface area contributed by atoms with E-state index in [-0.39, 0.29) is 26.1 Å². The number of hydrogen-bond donors (Lipinski definition) is 2. The highest BCUT2D eigenvalue weighted by Crippen LogP contribution is 2.30. The number of benzene rings is 1. The van der Waals surface area contributed by atoms with Crippen molar-refractivity contribution in [3.05, 3.63) is 56.6 Å². The molecule has 4 rings (SSSR count). The van der Waals surface area contributed by atoms with Crippen molar-refractivity contribution in [2.75, 3.05) is 26.2 Å². The maximum atomic E-state index is 13.1. The summed E-state index contributed by atoms with van der Waals surface area (Å²) in [5, 5.41) is 0.946. The van der Waals surface area contributed by atoms with Crippen LogP contribution in [0.2, 0.25) is 4.34 Å². The molecule has 2 N–H and O–H groups in total. The van der Waals surface area contributed by atoms with Crippen LogP contribution in [0.25, 0.3) is 6.08 Å². The molecule has 0 spiro atoms. The third-order valence-corrected chi connectivity index (χ3v) is 10.6. The van der Waals surface area contributed by atoms with Crippen molar-refractivity contribution in [2.45, 2.75) is 48.8 Å². The summed E-state index contributed by atoms with van der Waals surface area (Å²) in [5.41, 5.74) is -1.10. The van der Waals surface area contributed by atoms with Gasteiger partial charge in [-0.05, 0) is 62.1 Å². The number of nitrogens with zero attached hydrogens (tertiary/aromatic N) is 2. The molecule has 2 aromatic rings. The van der Waals surface area contributed by atoms with Crippen LogP contribution in [0.4, 0.5) is 13.2 Å². The fourth-order valence-corrected chi connectivity index (χ4v) is 7.97. The Morgan fingerprint density at radius 2 is 1.83 bits per heavy atom. The Balaban J connectivity index is 1.34. The molecule has 42 heavy (non-hydrogen) atoms. The van der Waals surface area contributed by atoms with Gasteiger partial charge in [-0.25, -0.2) is 21.6 Å². The van der Waals surface area contributed by atoms with Gasteiger partial charge in [0.2, 0.25) is 31.9 Å². The number of likely N-dealkylation sites (tertiary alicyclic amines) is 2. The zero-order valence-corrected chi connectivity index (χ0v) is 25.2. The Bertz CT molecular complexity index is 1560. The van der Waals surface area contributed by atoms with Crippen molar-refractivity contribution in [1.29, 1.82) is 0 Å². The molecule has 17 heteroatoms. The van der Waals surface area contributed by atoms with Gasteiger partial charge in [0.05, 0.1) is 21.3 Å². The van der Waals surface area contributed by atoms with Crippen molar-refractivity contribution in [1.82, 2.24) is 19.2 Å². The molecular formula is C25H28ClF3N4O6S3. The van der Waals surface area contributed by atoms with Gasteiger partial charge in [-0.2, -0.15) is 17.9 Å². The lowest BCUT2D eigenvalue weighted by atomic mass is 10.1. The van der Waals surface area contributed by atoms with Crippen molar-refractivity contribution in [3.8, 4) is 0 Å². The number of amides is 2. The maximum Gasteiger partial charge on any atom is 0.416 e. The summed E-state index contributed by atoms with van der Waals surface area (Å²) >= 11 is 7.04. The third-order valence-electron chi connectivity index (χ3n) is 6.85. The molecule has 0 saturated carbocycles. The van der Waals surface area contributed by atoms with Crippen molar-refractivity contribution in [3.63, 3.8) is 0 Å². The number of hydrogen-bond acceptors (Lipinski definition) is 7. The van der Waals surface area contributed by atoms with E-state index < -0.39 is 60.6 Å². The Morgan fingerprint density at radius 3 is 2.52 bits per heavy atom. The van der Waals surface area contributed by atoms with E-state index in [1.165, 1.54) is 27.2 Å². The highest BCUT2D eigenvalue weighted by molar-refractivity contribution is 7.92. The monoisotopic (exact) mass is 668 g/mol. The number of sulfonamides is 2. The molecule has 2 fully saturated rings. The van der Waals surface area contributed by atoms with Gasteiger partial charge in [-0.1, -0.05) is 17.7 Å². The number of nitrogens with one attached hydrogen (secondary N) is 2. The smallest absolute Gasteiger partial charge is 0.337 e. The predicted octanol–water partition coefficient (Wildman–Crippen LogP) is 3.27. The van der Waals surface area contributed by atoms with Crippen LogP contribution >= 0.6 is 22.9 Å². The van der Waals surface area contributed by atoms with Crippen LogP contribution in [-0.2, 0) is 35.8 Å². The number of alkyl halides is 3. The molecule has 3 heterocycles. The van der Waals surface area contributed by atoms with E-state index in [0.29, 0.717) is 41.1 Å². The summed E-state index contributed by atoms with van der Waals surface area (Å²) in [6.45, 7) is 0.0113. The Morgan fingerprint density at radius 1 is 1.10 bits per heavy atom.